The first-order chi connectivity index (χ1) is 13.5. The quantitative estimate of drug-likeness (QED) is 0.616. The Bertz CT molecular complexity index is 1140. The van der Waals surface area contributed by atoms with Crippen LogP contribution in [0.5, 0.6) is 0 Å². The number of hydrogen-bond donors (Lipinski definition) is 0. The average molecular weight is 364 g/mol. The van der Waals surface area contributed by atoms with Crippen LogP contribution < -0.4 is 9.80 Å². The van der Waals surface area contributed by atoms with E-state index in [-0.39, 0.29) is 6.17 Å². The first-order valence-corrected chi connectivity index (χ1v) is 9.21. The van der Waals surface area contributed by atoms with E-state index in [0.29, 0.717) is 11.1 Å². The lowest BCUT2D eigenvalue weighted by molar-refractivity contribution is 0.732. The van der Waals surface area contributed by atoms with Gasteiger partial charge in [-0.25, -0.2) is 0 Å². The molecule has 4 rings (SSSR count). The molecule has 0 saturated heterocycles. The molecule has 4 heteroatoms. The van der Waals surface area contributed by atoms with E-state index >= 15 is 0 Å². The number of anilines is 3. The van der Waals surface area contributed by atoms with Gasteiger partial charge in [-0.2, -0.15) is 10.5 Å². The third-order valence-corrected chi connectivity index (χ3v) is 5.47. The minimum atomic E-state index is 0.0285. The number of nitriles is 2. The summed E-state index contributed by atoms with van der Waals surface area (Å²) in [5.41, 5.74) is 7.31. The normalized spacial score (nSPS) is 15.1. The zero-order valence-corrected chi connectivity index (χ0v) is 16.1. The molecule has 28 heavy (non-hydrogen) atoms. The van der Waals surface area contributed by atoms with E-state index in [1.54, 1.807) is 6.07 Å². The summed E-state index contributed by atoms with van der Waals surface area (Å²) in [4.78, 5) is 4.32. The van der Waals surface area contributed by atoms with Crippen LogP contribution in [0.4, 0.5) is 17.1 Å². The van der Waals surface area contributed by atoms with Gasteiger partial charge < -0.3 is 9.80 Å². The fourth-order valence-corrected chi connectivity index (χ4v) is 3.85. The number of rotatable bonds is 2. The Labute approximate surface area is 165 Å². The summed E-state index contributed by atoms with van der Waals surface area (Å²) < 4.78 is 0. The van der Waals surface area contributed by atoms with Crippen LogP contribution >= 0.6 is 0 Å². The van der Waals surface area contributed by atoms with Crippen molar-refractivity contribution < 1.29 is 0 Å². The molecule has 0 fully saturated rings. The van der Waals surface area contributed by atoms with Crippen molar-refractivity contribution in [2.75, 3.05) is 16.8 Å². The van der Waals surface area contributed by atoms with Gasteiger partial charge in [-0.05, 0) is 48.7 Å². The molecule has 136 valence electrons. The Balaban J connectivity index is 1.93. The first-order valence-electron chi connectivity index (χ1n) is 9.21. The van der Waals surface area contributed by atoms with Gasteiger partial charge in [-0.3, -0.25) is 0 Å². The highest BCUT2D eigenvalue weighted by Gasteiger charge is 2.35. The summed E-state index contributed by atoms with van der Waals surface area (Å²) in [6.45, 7) is 4.20. The Hall–Kier alpha value is -3.76. The maximum absolute atomic E-state index is 9.76. The molecule has 1 atom stereocenters. The molecule has 0 unspecified atom stereocenters. The zero-order valence-electron chi connectivity index (χ0n) is 16.1. The number of hydrogen-bond acceptors (Lipinski definition) is 4. The summed E-state index contributed by atoms with van der Waals surface area (Å²) in [7, 11) is 2.00. The Morgan fingerprint density at radius 3 is 2.29 bits per heavy atom. The van der Waals surface area contributed by atoms with E-state index in [0.717, 1.165) is 33.8 Å². The van der Waals surface area contributed by atoms with Crippen LogP contribution in [0.2, 0.25) is 0 Å². The number of nitrogens with zero attached hydrogens (tertiary/aromatic N) is 4. The fraction of sp³-hybridized carbons (Fsp3) is 0.167. The van der Waals surface area contributed by atoms with E-state index < -0.39 is 0 Å². The molecule has 1 aliphatic heterocycles. The van der Waals surface area contributed by atoms with E-state index in [2.05, 4.69) is 66.1 Å². The summed E-state index contributed by atoms with van der Waals surface area (Å²) in [6.07, 6.45) is 0.0285. The molecule has 0 aliphatic carbocycles. The first kappa shape index (κ1) is 17.6. The third kappa shape index (κ3) is 2.68. The topological polar surface area (TPSA) is 54.1 Å². The Morgan fingerprint density at radius 2 is 1.61 bits per heavy atom. The average Bonchev–Trinajstić information content (AvgIpc) is 2.99. The van der Waals surface area contributed by atoms with Crippen molar-refractivity contribution in [3.8, 4) is 23.3 Å². The molecule has 0 saturated carbocycles. The second-order valence-corrected chi connectivity index (χ2v) is 7.10. The van der Waals surface area contributed by atoms with Gasteiger partial charge in [0.05, 0.1) is 28.6 Å². The highest BCUT2D eigenvalue weighted by molar-refractivity contribution is 5.90. The van der Waals surface area contributed by atoms with Gasteiger partial charge in [0.25, 0.3) is 0 Å². The largest absolute Gasteiger partial charge is 0.352 e. The zero-order chi connectivity index (χ0) is 19.8. The molecule has 1 heterocycles. The van der Waals surface area contributed by atoms with Gasteiger partial charge >= 0.3 is 0 Å². The minimum Gasteiger partial charge on any atom is -0.352 e. The lowest BCUT2D eigenvalue weighted by Crippen LogP contribution is -2.36. The molecule has 0 spiro atoms. The highest BCUT2D eigenvalue weighted by atomic mass is 15.4. The Kier molecular flexibility index (Phi) is 4.26. The number of fused-ring (bicyclic) bond motifs is 1. The monoisotopic (exact) mass is 364 g/mol. The SMILES string of the molecule is Cc1ccc(-c2ccccc2)cc1N1c2c(C#N)cc(C#N)cc2N(C)[C@@H]1C. The molecule has 0 aromatic heterocycles. The van der Waals surface area contributed by atoms with E-state index in [9.17, 15) is 10.5 Å². The molecule has 0 N–H and O–H groups in total. The fourth-order valence-electron chi connectivity index (χ4n) is 3.85. The van der Waals surface area contributed by atoms with Crippen molar-refractivity contribution in [3.05, 3.63) is 77.4 Å². The van der Waals surface area contributed by atoms with Gasteiger partial charge in [0, 0.05) is 12.7 Å². The van der Waals surface area contributed by atoms with E-state index in [1.165, 1.54) is 0 Å². The van der Waals surface area contributed by atoms with Crippen molar-refractivity contribution in [2.24, 2.45) is 0 Å². The maximum atomic E-state index is 9.76. The number of aryl methyl sites for hydroxylation is 1. The van der Waals surface area contributed by atoms with Crippen molar-refractivity contribution in [1.82, 2.24) is 0 Å². The van der Waals surface area contributed by atoms with Crippen LogP contribution in [-0.2, 0) is 0 Å². The molecule has 4 nitrogen and oxygen atoms in total. The Morgan fingerprint density at radius 1 is 0.857 bits per heavy atom. The smallest absolute Gasteiger partial charge is 0.103 e. The van der Waals surface area contributed by atoms with Gasteiger partial charge in [0.1, 0.15) is 12.2 Å². The molecule has 0 radical (unpaired) electrons. The molecule has 0 bridgehead atoms. The van der Waals surface area contributed by atoms with E-state index in [4.69, 9.17) is 0 Å². The summed E-state index contributed by atoms with van der Waals surface area (Å²) >= 11 is 0. The molecule has 1 aliphatic rings. The molecular weight excluding hydrogens is 344 g/mol. The van der Waals surface area contributed by atoms with Gasteiger partial charge in [-0.15, -0.1) is 0 Å². The highest BCUT2D eigenvalue weighted by Crippen LogP contribution is 2.47. The van der Waals surface area contributed by atoms with E-state index in [1.807, 2.05) is 31.3 Å². The van der Waals surface area contributed by atoms with Crippen LogP contribution in [0.25, 0.3) is 11.1 Å². The van der Waals surface area contributed by atoms with Crippen LogP contribution in [-0.4, -0.2) is 13.2 Å². The van der Waals surface area contributed by atoms with Crippen LogP contribution in [0.1, 0.15) is 23.6 Å². The predicted molar refractivity (Wildman–Crippen MR) is 112 cm³/mol. The van der Waals surface area contributed by atoms with Crippen LogP contribution in [0.3, 0.4) is 0 Å². The van der Waals surface area contributed by atoms with Crippen molar-refractivity contribution >= 4 is 17.1 Å². The van der Waals surface area contributed by atoms with Gasteiger partial charge in [0.2, 0.25) is 0 Å². The van der Waals surface area contributed by atoms with Crippen molar-refractivity contribution in [2.45, 2.75) is 20.0 Å². The van der Waals surface area contributed by atoms with Crippen molar-refractivity contribution in [1.29, 1.82) is 10.5 Å². The second kappa shape index (κ2) is 6.76. The lowest BCUT2D eigenvalue weighted by Gasteiger charge is -2.29. The van der Waals surface area contributed by atoms with Crippen molar-refractivity contribution in [3.63, 3.8) is 0 Å². The minimum absolute atomic E-state index is 0.0285. The predicted octanol–water partition coefficient (Wildman–Crippen LogP) is 5.34. The summed E-state index contributed by atoms with van der Waals surface area (Å²) in [6, 6.07) is 24.7. The molecule has 0 amide bonds. The van der Waals surface area contributed by atoms with Gasteiger partial charge in [-0.1, -0.05) is 42.5 Å². The maximum Gasteiger partial charge on any atom is 0.103 e. The van der Waals surface area contributed by atoms with Crippen LogP contribution in [0.15, 0.2) is 60.7 Å². The standard InChI is InChI=1S/C24H20N4/c1-16-9-10-20(19-7-5-4-6-8-19)13-22(16)28-17(2)27(3)23-12-18(14-25)11-21(15-26)24(23)28/h4-13,17H,1-3H3/t17-/m0/s1. The third-order valence-electron chi connectivity index (χ3n) is 5.47. The summed E-state index contributed by atoms with van der Waals surface area (Å²) in [5.74, 6) is 0. The molecule has 3 aromatic carbocycles. The molecular formula is C24H20N4. The van der Waals surface area contributed by atoms with Gasteiger partial charge in [0.15, 0.2) is 0 Å². The lowest BCUT2D eigenvalue weighted by atomic mass is 10.0. The summed E-state index contributed by atoms with van der Waals surface area (Å²) in [5, 5.41) is 19.1. The second-order valence-electron chi connectivity index (χ2n) is 7.10. The molecule has 3 aromatic rings. The van der Waals surface area contributed by atoms with Crippen LogP contribution in [0, 0.1) is 29.6 Å². The number of benzene rings is 3.